The van der Waals surface area contributed by atoms with Crippen molar-refractivity contribution in [2.45, 2.75) is 39.8 Å². The van der Waals surface area contributed by atoms with Crippen LogP contribution in [-0.4, -0.2) is 43.9 Å². The van der Waals surface area contributed by atoms with Crippen molar-refractivity contribution >= 4 is 23.2 Å². The Morgan fingerprint density at radius 3 is 2.14 bits per heavy atom. The molecule has 1 heterocycles. The Hall–Kier alpha value is -2.25. The number of nitrogens with one attached hydrogen (secondary N) is 1. The van der Waals surface area contributed by atoms with E-state index in [4.69, 9.17) is 0 Å². The van der Waals surface area contributed by atoms with Gasteiger partial charge in [0.15, 0.2) is 0 Å². The molecule has 1 saturated heterocycles. The van der Waals surface area contributed by atoms with Crippen molar-refractivity contribution < 1.29 is 22.8 Å². The molecule has 2 amide bonds. The molecule has 0 atom stereocenters. The first kappa shape index (κ1) is 22.0. The number of benzene rings is 1. The van der Waals surface area contributed by atoms with Gasteiger partial charge in [0, 0.05) is 38.5 Å². The van der Waals surface area contributed by atoms with Gasteiger partial charge in [-0.15, -0.1) is 0 Å². The molecule has 156 valence electrons. The monoisotopic (exact) mass is 399 g/mol. The van der Waals surface area contributed by atoms with Gasteiger partial charge in [0.2, 0.25) is 11.8 Å². The average Bonchev–Trinajstić information content (AvgIpc) is 2.59. The van der Waals surface area contributed by atoms with Crippen LogP contribution in [-0.2, 0) is 15.8 Å². The third kappa shape index (κ3) is 5.17. The summed E-state index contributed by atoms with van der Waals surface area (Å²) >= 11 is 0. The number of piperidine rings is 1. The van der Waals surface area contributed by atoms with Gasteiger partial charge < -0.3 is 15.1 Å². The quantitative estimate of drug-likeness (QED) is 0.836. The smallest absolute Gasteiger partial charge is 0.376 e. The lowest BCUT2D eigenvalue weighted by Gasteiger charge is -2.35. The molecular formula is C20H28F3N3O2. The number of rotatable bonds is 3. The Balaban J connectivity index is 2.10. The zero-order valence-corrected chi connectivity index (χ0v) is 17.0. The van der Waals surface area contributed by atoms with E-state index in [1.165, 1.54) is 6.07 Å². The van der Waals surface area contributed by atoms with Gasteiger partial charge in [-0.25, -0.2) is 0 Å². The number of carbonyl (C=O) groups excluding carboxylic acids is 2. The van der Waals surface area contributed by atoms with Crippen LogP contribution in [0.3, 0.4) is 0 Å². The van der Waals surface area contributed by atoms with Crippen LogP contribution in [0.4, 0.5) is 24.5 Å². The first-order valence-electron chi connectivity index (χ1n) is 9.29. The molecule has 1 fully saturated rings. The predicted octanol–water partition coefficient (Wildman–Crippen LogP) is 3.99. The van der Waals surface area contributed by atoms with E-state index in [-0.39, 0.29) is 23.4 Å². The molecular weight excluding hydrogens is 371 g/mol. The molecule has 0 saturated carbocycles. The second kappa shape index (κ2) is 8.01. The molecule has 0 unspecified atom stereocenters. The van der Waals surface area contributed by atoms with Gasteiger partial charge in [0.1, 0.15) is 0 Å². The molecule has 8 heteroatoms. The molecule has 28 heavy (non-hydrogen) atoms. The van der Waals surface area contributed by atoms with Crippen molar-refractivity contribution in [2.24, 2.45) is 11.3 Å². The molecule has 1 aromatic carbocycles. The minimum Gasteiger partial charge on any atom is -0.376 e. The molecule has 0 bridgehead atoms. The van der Waals surface area contributed by atoms with Gasteiger partial charge in [-0.2, -0.15) is 13.2 Å². The molecule has 2 rings (SSSR count). The van der Waals surface area contributed by atoms with Crippen molar-refractivity contribution in [2.75, 3.05) is 37.4 Å². The number of hydrogen-bond acceptors (Lipinski definition) is 3. The van der Waals surface area contributed by atoms with Crippen molar-refractivity contribution in [1.82, 2.24) is 4.90 Å². The normalized spacial score (nSPS) is 16.1. The van der Waals surface area contributed by atoms with E-state index in [0.717, 1.165) is 12.1 Å². The van der Waals surface area contributed by atoms with Crippen LogP contribution in [0.1, 0.15) is 39.2 Å². The van der Waals surface area contributed by atoms with Gasteiger partial charge in [-0.3, -0.25) is 9.59 Å². The standard InChI is InChI=1S/C20H28F3N3O2/c1-19(2,3)18(28)26-10-8-13(9-11-26)17(27)24-15-12-14(20(21,22)23)6-7-16(15)25(4)5/h6-7,12-13H,8-11H2,1-5H3,(H,24,27). The maximum Gasteiger partial charge on any atom is 0.416 e. The SMILES string of the molecule is CN(C)c1ccc(C(F)(F)F)cc1NC(=O)C1CCN(C(=O)C(C)(C)C)CC1. The predicted molar refractivity (Wildman–Crippen MR) is 103 cm³/mol. The maximum atomic E-state index is 13.0. The topological polar surface area (TPSA) is 52.7 Å². The minimum atomic E-state index is -4.48. The summed E-state index contributed by atoms with van der Waals surface area (Å²) in [4.78, 5) is 28.4. The minimum absolute atomic E-state index is 0.0409. The number of alkyl halides is 3. The van der Waals surface area contributed by atoms with Crippen LogP contribution >= 0.6 is 0 Å². The van der Waals surface area contributed by atoms with Crippen LogP contribution in [0.15, 0.2) is 18.2 Å². The number of likely N-dealkylation sites (tertiary alicyclic amines) is 1. The van der Waals surface area contributed by atoms with Crippen molar-refractivity contribution in [3.8, 4) is 0 Å². The van der Waals surface area contributed by atoms with Crippen molar-refractivity contribution in [3.63, 3.8) is 0 Å². The fourth-order valence-corrected chi connectivity index (χ4v) is 3.26. The molecule has 0 aromatic heterocycles. The van der Waals surface area contributed by atoms with E-state index in [0.29, 0.717) is 31.6 Å². The number of nitrogens with zero attached hydrogens (tertiary/aromatic N) is 2. The zero-order chi connectivity index (χ0) is 21.3. The third-order valence-electron chi connectivity index (χ3n) is 4.86. The zero-order valence-electron chi connectivity index (χ0n) is 17.0. The maximum absolute atomic E-state index is 13.0. The van der Waals surface area contributed by atoms with Crippen LogP contribution in [0, 0.1) is 11.3 Å². The Labute approximate surface area is 163 Å². The van der Waals surface area contributed by atoms with E-state index in [1.54, 1.807) is 23.9 Å². The summed E-state index contributed by atoms with van der Waals surface area (Å²) < 4.78 is 39.1. The van der Waals surface area contributed by atoms with E-state index < -0.39 is 17.2 Å². The summed E-state index contributed by atoms with van der Waals surface area (Å²) in [6.07, 6.45) is -3.50. The van der Waals surface area contributed by atoms with Crippen molar-refractivity contribution in [3.05, 3.63) is 23.8 Å². The van der Waals surface area contributed by atoms with Gasteiger partial charge in [-0.05, 0) is 31.0 Å². The lowest BCUT2D eigenvalue weighted by atomic mass is 9.90. The molecule has 1 aliphatic rings. The molecule has 1 N–H and O–H groups in total. The third-order valence-corrected chi connectivity index (χ3v) is 4.86. The number of anilines is 2. The van der Waals surface area contributed by atoms with Crippen LogP contribution in [0.25, 0.3) is 0 Å². The van der Waals surface area contributed by atoms with E-state index >= 15 is 0 Å². The summed E-state index contributed by atoms with van der Waals surface area (Å²) in [5.41, 5.74) is -0.646. The highest BCUT2D eigenvalue weighted by atomic mass is 19.4. The summed E-state index contributed by atoms with van der Waals surface area (Å²) in [5, 5.41) is 2.66. The average molecular weight is 399 g/mol. The number of halogens is 3. The van der Waals surface area contributed by atoms with Crippen LogP contribution in [0.2, 0.25) is 0 Å². The Morgan fingerprint density at radius 2 is 1.68 bits per heavy atom. The lowest BCUT2D eigenvalue weighted by molar-refractivity contribution is -0.142. The summed E-state index contributed by atoms with van der Waals surface area (Å²) in [6, 6.07) is 3.32. The van der Waals surface area contributed by atoms with E-state index in [9.17, 15) is 22.8 Å². The molecule has 5 nitrogen and oxygen atoms in total. The molecule has 0 radical (unpaired) electrons. The van der Waals surface area contributed by atoms with E-state index in [1.807, 2.05) is 20.8 Å². The first-order valence-corrected chi connectivity index (χ1v) is 9.29. The first-order chi connectivity index (χ1) is 12.8. The van der Waals surface area contributed by atoms with E-state index in [2.05, 4.69) is 5.32 Å². The number of carbonyl (C=O) groups is 2. The fraction of sp³-hybridized carbons (Fsp3) is 0.600. The summed E-state index contributed by atoms with van der Waals surface area (Å²) in [7, 11) is 3.41. The van der Waals surface area contributed by atoms with Crippen molar-refractivity contribution in [1.29, 1.82) is 0 Å². The highest BCUT2D eigenvalue weighted by Gasteiger charge is 2.34. The van der Waals surface area contributed by atoms with Crippen LogP contribution in [0.5, 0.6) is 0 Å². The second-order valence-corrected chi connectivity index (χ2v) is 8.43. The number of hydrogen-bond donors (Lipinski definition) is 1. The largest absolute Gasteiger partial charge is 0.416 e. The Bertz CT molecular complexity index is 731. The second-order valence-electron chi connectivity index (χ2n) is 8.43. The highest BCUT2D eigenvalue weighted by molar-refractivity contribution is 5.96. The molecule has 0 aliphatic carbocycles. The lowest BCUT2D eigenvalue weighted by Crippen LogP contribution is -2.45. The fourth-order valence-electron chi connectivity index (χ4n) is 3.26. The summed E-state index contributed by atoms with van der Waals surface area (Å²) in [5.74, 6) is -0.613. The van der Waals surface area contributed by atoms with Gasteiger partial charge in [0.05, 0.1) is 16.9 Å². The Kier molecular flexibility index (Phi) is 6.31. The van der Waals surface area contributed by atoms with Gasteiger partial charge >= 0.3 is 6.18 Å². The van der Waals surface area contributed by atoms with Gasteiger partial charge in [-0.1, -0.05) is 20.8 Å². The molecule has 0 spiro atoms. The van der Waals surface area contributed by atoms with Crippen LogP contribution < -0.4 is 10.2 Å². The van der Waals surface area contributed by atoms with Gasteiger partial charge in [0.25, 0.3) is 0 Å². The molecule has 1 aromatic rings. The highest BCUT2D eigenvalue weighted by Crippen LogP contribution is 2.35. The Morgan fingerprint density at radius 1 is 1.11 bits per heavy atom. The number of amides is 2. The summed E-state index contributed by atoms with van der Waals surface area (Å²) in [6.45, 7) is 6.49. The molecule has 1 aliphatic heterocycles.